The largest absolute Gasteiger partial charge is 0.369 e. The Morgan fingerprint density at radius 1 is 1.75 bits per heavy atom. The van der Waals surface area contributed by atoms with E-state index in [4.69, 9.17) is 5.26 Å². The molecule has 5 heteroatoms. The fourth-order valence-corrected chi connectivity index (χ4v) is 0.633. The van der Waals surface area contributed by atoms with Gasteiger partial charge in [0.15, 0.2) is 5.82 Å². The fourth-order valence-electron chi connectivity index (χ4n) is 0.633. The summed E-state index contributed by atoms with van der Waals surface area (Å²) in [7, 11) is 3.71. The Hall–Kier alpha value is -1.83. The van der Waals surface area contributed by atoms with Crippen molar-refractivity contribution >= 4 is 12.2 Å². The molecule has 5 nitrogen and oxygen atoms in total. The molecular formula is C7H9N5. The highest BCUT2D eigenvalue weighted by Crippen LogP contribution is 2.11. The number of nitriles is 1. The van der Waals surface area contributed by atoms with Gasteiger partial charge in [-0.15, -0.1) is 0 Å². The lowest BCUT2D eigenvalue weighted by Gasteiger charge is -2.00. The van der Waals surface area contributed by atoms with Gasteiger partial charge in [-0.1, -0.05) is 0 Å². The molecule has 0 amide bonds. The third-order valence-electron chi connectivity index (χ3n) is 1.16. The summed E-state index contributed by atoms with van der Waals surface area (Å²) in [5.41, 5.74) is 0.452. The molecule has 0 aliphatic carbocycles. The lowest BCUT2D eigenvalue weighted by Crippen LogP contribution is -2.07. The van der Waals surface area contributed by atoms with Crippen molar-refractivity contribution in [1.29, 1.82) is 5.26 Å². The summed E-state index contributed by atoms with van der Waals surface area (Å²) >= 11 is 0. The molecule has 0 fully saturated rings. The highest BCUT2D eigenvalue weighted by Gasteiger charge is 1.99. The third kappa shape index (κ3) is 1.83. The van der Waals surface area contributed by atoms with Gasteiger partial charge in [0.05, 0.1) is 12.5 Å². The number of nitrogens with one attached hydrogen (secondary N) is 1. The monoisotopic (exact) mass is 163 g/mol. The zero-order chi connectivity index (χ0) is 8.97. The van der Waals surface area contributed by atoms with Crippen LogP contribution in [-0.2, 0) is 0 Å². The second kappa shape index (κ2) is 3.53. The first-order chi connectivity index (χ1) is 5.74. The van der Waals surface area contributed by atoms with Crippen molar-refractivity contribution in [3.8, 4) is 6.07 Å². The van der Waals surface area contributed by atoms with Gasteiger partial charge in [-0.05, 0) is 0 Å². The van der Waals surface area contributed by atoms with E-state index in [2.05, 4.69) is 15.2 Å². The summed E-state index contributed by atoms with van der Waals surface area (Å²) in [6.07, 6.45) is 3.05. The quantitative estimate of drug-likeness (QED) is 0.510. The average Bonchev–Trinajstić information content (AvgIpc) is 2.47. The molecule has 0 bridgehead atoms. The summed E-state index contributed by atoms with van der Waals surface area (Å²) in [5, 5.41) is 14.9. The standard InChI is InChI=1S/C7H9N5/c1-12(2)5-9-7-6(3-8)4-10-11-7/h4-5H,1-2H3,(H,10,11)/b9-5+. The molecule has 12 heavy (non-hydrogen) atoms. The Morgan fingerprint density at radius 2 is 2.50 bits per heavy atom. The van der Waals surface area contributed by atoms with Gasteiger partial charge in [0.2, 0.25) is 0 Å². The second-order valence-corrected chi connectivity index (χ2v) is 2.45. The van der Waals surface area contributed by atoms with Crippen LogP contribution in [0.3, 0.4) is 0 Å². The Balaban J connectivity index is 2.83. The molecule has 1 rings (SSSR count). The van der Waals surface area contributed by atoms with Crippen LogP contribution in [0.2, 0.25) is 0 Å². The van der Waals surface area contributed by atoms with Crippen molar-refractivity contribution in [2.24, 2.45) is 4.99 Å². The molecular weight excluding hydrogens is 154 g/mol. The van der Waals surface area contributed by atoms with Crippen LogP contribution in [0.15, 0.2) is 11.2 Å². The van der Waals surface area contributed by atoms with Crippen LogP contribution in [0.4, 0.5) is 5.82 Å². The van der Waals surface area contributed by atoms with Crippen LogP contribution in [0.1, 0.15) is 5.56 Å². The zero-order valence-corrected chi connectivity index (χ0v) is 6.94. The van der Waals surface area contributed by atoms with Crippen molar-refractivity contribution in [3.05, 3.63) is 11.8 Å². The summed E-state index contributed by atoms with van der Waals surface area (Å²) in [4.78, 5) is 5.78. The van der Waals surface area contributed by atoms with Crippen LogP contribution < -0.4 is 0 Å². The molecule has 0 aliphatic heterocycles. The first kappa shape index (κ1) is 8.27. The number of rotatable bonds is 2. The Morgan fingerprint density at radius 3 is 3.08 bits per heavy atom. The van der Waals surface area contributed by atoms with E-state index in [1.165, 1.54) is 6.20 Å². The van der Waals surface area contributed by atoms with Gasteiger partial charge in [0.1, 0.15) is 11.6 Å². The van der Waals surface area contributed by atoms with Crippen molar-refractivity contribution in [2.45, 2.75) is 0 Å². The molecule has 0 saturated carbocycles. The molecule has 0 saturated heterocycles. The lowest BCUT2D eigenvalue weighted by atomic mass is 10.4. The highest BCUT2D eigenvalue weighted by atomic mass is 15.2. The number of H-pyrrole nitrogens is 1. The van der Waals surface area contributed by atoms with E-state index in [-0.39, 0.29) is 0 Å². The van der Waals surface area contributed by atoms with E-state index in [1.54, 1.807) is 11.2 Å². The minimum Gasteiger partial charge on any atom is -0.369 e. The molecule has 1 heterocycles. The molecule has 1 N–H and O–H groups in total. The Kier molecular flexibility index (Phi) is 2.43. The van der Waals surface area contributed by atoms with E-state index in [0.29, 0.717) is 11.4 Å². The number of aliphatic imine (C=N–C) groups is 1. The van der Waals surface area contributed by atoms with Crippen LogP contribution in [0, 0.1) is 11.3 Å². The lowest BCUT2D eigenvalue weighted by molar-refractivity contribution is 0.643. The predicted octanol–water partition coefficient (Wildman–Crippen LogP) is 0.503. The number of aromatic nitrogens is 2. The van der Waals surface area contributed by atoms with E-state index < -0.39 is 0 Å². The highest BCUT2D eigenvalue weighted by molar-refractivity contribution is 5.61. The molecule has 62 valence electrons. The SMILES string of the molecule is CN(C)/C=N/c1[nH]ncc1C#N. The summed E-state index contributed by atoms with van der Waals surface area (Å²) in [6, 6.07) is 1.97. The molecule has 0 atom stereocenters. The van der Waals surface area contributed by atoms with Gasteiger partial charge in [-0.2, -0.15) is 10.4 Å². The maximum absolute atomic E-state index is 8.58. The summed E-state index contributed by atoms with van der Waals surface area (Å²) < 4.78 is 0. The van der Waals surface area contributed by atoms with Gasteiger partial charge in [0, 0.05) is 14.1 Å². The van der Waals surface area contributed by atoms with E-state index in [9.17, 15) is 0 Å². The average molecular weight is 163 g/mol. The van der Waals surface area contributed by atoms with Crippen LogP contribution in [0.5, 0.6) is 0 Å². The van der Waals surface area contributed by atoms with Gasteiger partial charge in [0.25, 0.3) is 0 Å². The van der Waals surface area contributed by atoms with Crippen molar-refractivity contribution in [3.63, 3.8) is 0 Å². The normalized spacial score (nSPS) is 10.1. The smallest absolute Gasteiger partial charge is 0.167 e. The Bertz CT molecular complexity index is 317. The van der Waals surface area contributed by atoms with Gasteiger partial charge in [-0.3, -0.25) is 5.10 Å². The second-order valence-electron chi connectivity index (χ2n) is 2.45. The maximum Gasteiger partial charge on any atom is 0.167 e. The molecule has 0 aromatic carbocycles. The molecule has 0 radical (unpaired) electrons. The molecule has 1 aromatic rings. The molecule has 0 spiro atoms. The number of aromatic amines is 1. The number of hydrogen-bond acceptors (Lipinski definition) is 3. The van der Waals surface area contributed by atoms with Crippen LogP contribution >= 0.6 is 0 Å². The summed E-state index contributed by atoms with van der Waals surface area (Å²) in [5.74, 6) is 0.492. The van der Waals surface area contributed by atoms with Crippen LogP contribution in [-0.4, -0.2) is 35.5 Å². The summed E-state index contributed by atoms with van der Waals surface area (Å²) in [6.45, 7) is 0. The minimum absolute atomic E-state index is 0.452. The molecule has 1 aromatic heterocycles. The van der Waals surface area contributed by atoms with Gasteiger partial charge < -0.3 is 4.90 Å². The Labute approximate surface area is 70.3 Å². The third-order valence-corrected chi connectivity index (χ3v) is 1.16. The minimum atomic E-state index is 0.452. The molecule has 0 unspecified atom stereocenters. The van der Waals surface area contributed by atoms with Gasteiger partial charge in [-0.25, -0.2) is 4.99 Å². The number of nitrogens with zero attached hydrogens (tertiary/aromatic N) is 4. The topological polar surface area (TPSA) is 68.1 Å². The predicted molar refractivity (Wildman–Crippen MR) is 45.1 cm³/mol. The van der Waals surface area contributed by atoms with E-state index >= 15 is 0 Å². The fraction of sp³-hybridized carbons (Fsp3) is 0.286. The van der Waals surface area contributed by atoms with Crippen molar-refractivity contribution in [2.75, 3.05) is 14.1 Å². The maximum atomic E-state index is 8.58. The van der Waals surface area contributed by atoms with Crippen LogP contribution in [0.25, 0.3) is 0 Å². The van der Waals surface area contributed by atoms with Crippen molar-refractivity contribution < 1.29 is 0 Å². The first-order valence-electron chi connectivity index (χ1n) is 3.38. The van der Waals surface area contributed by atoms with Crippen molar-refractivity contribution in [1.82, 2.24) is 15.1 Å². The van der Waals surface area contributed by atoms with E-state index in [0.717, 1.165) is 0 Å². The van der Waals surface area contributed by atoms with E-state index in [1.807, 2.05) is 20.2 Å². The first-order valence-corrected chi connectivity index (χ1v) is 3.38. The van der Waals surface area contributed by atoms with Gasteiger partial charge >= 0.3 is 0 Å². The number of hydrogen-bond donors (Lipinski definition) is 1. The molecule has 0 aliphatic rings. The zero-order valence-electron chi connectivity index (χ0n) is 6.94.